The van der Waals surface area contributed by atoms with Gasteiger partial charge in [0.05, 0.1) is 10.3 Å². The molecule has 1 aromatic rings. The van der Waals surface area contributed by atoms with Gasteiger partial charge in [-0.1, -0.05) is 12.1 Å². The van der Waals surface area contributed by atoms with E-state index in [2.05, 4.69) is 4.72 Å². The maximum Gasteiger partial charge on any atom is 0.311 e. The van der Waals surface area contributed by atoms with Crippen LogP contribution < -0.4 is 4.72 Å². The minimum absolute atomic E-state index is 0.0641. The maximum absolute atomic E-state index is 12.3. The Bertz CT molecular complexity index is 801. The van der Waals surface area contributed by atoms with Crippen LogP contribution in [0.5, 0.6) is 0 Å². The maximum atomic E-state index is 12.3. The molecule has 0 aromatic heterocycles. The molecule has 0 spiro atoms. The van der Waals surface area contributed by atoms with E-state index in [1.54, 1.807) is 36.1 Å². The summed E-state index contributed by atoms with van der Waals surface area (Å²) < 4.78 is 26.9. The summed E-state index contributed by atoms with van der Waals surface area (Å²) in [6.07, 6.45) is 3.01. The number of aryl methyl sites for hydroxylation is 1. The predicted octanol–water partition coefficient (Wildman–Crippen LogP) is 1.38. The van der Waals surface area contributed by atoms with Gasteiger partial charge in [0.15, 0.2) is 0 Å². The van der Waals surface area contributed by atoms with Gasteiger partial charge in [0.25, 0.3) is 0 Å². The van der Waals surface area contributed by atoms with Gasteiger partial charge in [0.1, 0.15) is 0 Å². The van der Waals surface area contributed by atoms with Crippen molar-refractivity contribution in [3.05, 3.63) is 29.8 Å². The summed E-state index contributed by atoms with van der Waals surface area (Å²) in [5, 5.41) is 9.24. The lowest BCUT2D eigenvalue weighted by Crippen LogP contribution is -2.34. The highest BCUT2D eigenvalue weighted by Crippen LogP contribution is 2.30. The summed E-state index contributed by atoms with van der Waals surface area (Å²) in [4.78, 5) is 25.4. The fraction of sp³-hybridized carbons (Fsp3) is 0.556. The van der Waals surface area contributed by atoms with E-state index < -0.39 is 21.4 Å². The Morgan fingerprint density at radius 3 is 2.46 bits per heavy atom. The Morgan fingerprint density at radius 2 is 1.92 bits per heavy atom. The van der Waals surface area contributed by atoms with Crippen molar-refractivity contribution in [2.45, 2.75) is 50.0 Å². The Hall–Kier alpha value is -1.93. The number of carboxylic acid groups (broad SMARTS) is 1. The molecule has 8 heteroatoms. The number of likely N-dealkylation sites (tertiary alicyclic amines) is 1. The van der Waals surface area contributed by atoms with Crippen molar-refractivity contribution in [2.24, 2.45) is 5.41 Å². The standard InChI is InChI=1S/C18H24N2O5S/c1-18(17(22)23)10-11-20(12-18)16(21)9-4-13-2-7-15(8-3-13)26(24,25)19-14-5-6-14/h2-3,7-8,14,19H,4-6,9-12H2,1H3,(H,22,23). The van der Waals surface area contributed by atoms with Crippen molar-refractivity contribution in [3.8, 4) is 0 Å². The zero-order chi connectivity index (χ0) is 18.9. The van der Waals surface area contributed by atoms with E-state index in [9.17, 15) is 23.1 Å². The number of sulfonamides is 1. The molecule has 2 aliphatic rings. The molecule has 1 saturated carbocycles. The van der Waals surface area contributed by atoms with Gasteiger partial charge in [-0.3, -0.25) is 9.59 Å². The molecule has 1 amide bonds. The van der Waals surface area contributed by atoms with Crippen LogP contribution >= 0.6 is 0 Å². The van der Waals surface area contributed by atoms with Crippen molar-refractivity contribution in [3.63, 3.8) is 0 Å². The smallest absolute Gasteiger partial charge is 0.311 e. The summed E-state index contributed by atoms with van der Waals surface area (Å²) in [5.74, 6) is -0.938. The van der Waals surface area contributed by atoms with Crippen LogP contribution in [-0.4, -0.2) is 49.4 Å². The molecule has 1 aromatic carbocycles. The molecule has 1 unspecified atom stereocenters. The molecule has 1 saturated heterocycles. The lowest BCUT2D eigenvalue weighted by atomic mass is 9.90. The molecule has 0 radical (unpaired) electrons. The summed E-state index contributed by atoms with van der Waals surface area (Å²) >= 11 is 0. The van der Waals surface area contributed by atoms with Crippen LogP contribution in [0.25, 0.3) is 0 Å². The van der Waals surface area contributed by atoms with Crippen molar-refractivity contribution in [2.75, 3.05) is 13.1 Å². The second-order valence-corrected chi connectivity index (χ2v) is 9.18. The first kappa shape index (κ1) is 18.8. The first-order valence-electron chi connectivity index (χ1n) is 8.82. The number of hydrogen-bond acceptors (Lipinski definition) is 4. The highest BCUT2D eigenvalue weighted by molar-refractivity contribution is 7.89. The Balaban J connectivity index is 1.53. The number of carbonyl (C=O) groups excluding carboxylic acids is 1. The van der Waals surface area contributed by atoms with Crippen molar-refractivity contribution < 1.29 is 23.1 Å². The first-order valence-corrected chi connectivity index (χ1v) is 10.3. The van der Waals surface area contributed by atoms with Gasteiger partial charge in [-0.15, -0.1) is 0 Å². The number of aliphatic carboxylic acids is 1. The number of carboxylic acids is 1. The van der Waals surface area contributed by atoms with Crippen molar-refractivity contribution in [1.82, 2.24) is 9.62 Å². The first-order chi connectivity index (χ1) is 12.2. The lowest BCUT2D eigenvalue weighted by Gasteiger charge is -2.20. The third-order valence-electron chi connectivity index (χ3n) is 5.10. The molecule has 7 nitrogen and oxygen atoms in total. The number of carbonyl (C=O) groups is 2. The van der Waals surface area contributed by atoms with Crippen LogP contribution in [0.15, 0.2) is 29.2 Å². The summed E-state index contributed by atoms with van der Waals surface area (Å²) in [6, 6.07) is 6.62. The number of amides is 1. The highest BCUT2D eigenvalue weighted by atomic mass is 32.2. The third-order valence-corrected chi connectivity index (χ3v) is 6.64. The molecule has 1 aliphatic carbocycles. The monoisotopic (exact) mass is 380 g/mol. The van der Waals surface area contributed by atoms with Gasteiger partial charge in [-0.25, -0.2) is 13.1 Å². The zero-order valence-corrected chi connectivity index (χ0v) is 15.6. The van der Waals surface area contributed by atoms with E-state index in [0.717, 1.165) is 18.4 Å². The molecule has 142 valence electrons. The Kier molecular flexibility index (Phi) is 5.07. The van der Waals surface area contributed by atoms with E-state index in [-0.39, 0.29) is 29.8 Å². The Morgan fingerprint density at radius 1 is 1.27 bits per heavy atom. The van der Waals surface area contributed by atoms with Crippen LogP contribution in [0.3, 0.4) is 0 Å². The average molecular weight is 380 g/mol. The van der Waals surface area contributed by atoms with E-state index >= 15 is 0 Å². The molecule has 2 N–H and O–H groups in total. The lowest BCUT2D eigenvalue weighted by molar-refractivity contribution is -0.147. The quantitative estimate of drug-likeness (QED) is 0.744. The van der Waals surface area contributed by atoms with E-state index in [0.29, 0.717) is 19.4 Å². The van der Waals surface area contributed by atoms with Crippen molar-refractivity contribution in [1.29, 1.82) is 0 Å². The molecular formula is C18H24N2O5S. The summed E-state index contributed by atoms with van der Waals surface area (Å²) in [6.45, 7) is 2.37. The minimum atomic E-state index is -3.46. The van der Waals surface area contributed by atoms with Gasteiger partial charge in [0, 0.05) is 25.6 Å². The largest absolute Gasteiger partial charge is 0.481 e. The normalized spacial score (nSPS) is 23.2. The third kappa shape index (κ3) is 4.24. The molecule has 26 heavy (non-hydrogen) atoms. The number of benzene rings is 1. The van der Waals surface area contributed by atoms with Gasteiger partial charge in [-0.05, 0) is 50.3 Å². The fourth-order valence-corrected chi connectivity index (χ4v) is 4.39. The SMILES string of the molecule is CC1(C(=O)O)CCN(C(=O)CCc2ccc(S(=O)(=O)NC3CC3)cc2)C1. The highest BCUT2D eigenvalue weighted by Gasteiger charge is 2.41. The van der Waals surface area contributed by atoms with Crippen molar-refractivity contribution >= 4 is 21.9 Å². The minimum Gasteiger partial charge on any atom is -0.481 e. The van der Waals surface area contributed by atoms with Crippen LogP contribution in [0.1, 0.15) is 38.2 Å². The second kappa shape index (κ2) is 7.00. The van der Waals surface area contributed by atoms with Crippen LogP contribution in [0.4, 0.5) is 0 Å². The summed E-state index contributed by atoms with van der Waals surface area (Å²) in [7, 11) is -3.46. The Labute approximate surface area is 153 Å². The zero-order valence-electron chi connectivity index (χ0n) is 14.8. The van der Waals surface area contributed by atoms with Crippen LogP contribution in [0.2, 0.25) is 0 Å². The van der Waals surface area contributed by atoms with Gasteiger partial charge < -0.3 is 10.0 Å². The van der Waals surface area contributed by atoms with Crippen LogP contribution in [-0.2, 0) is 26.0 Å². The summed E-state index contributed by atoms with van der Waals surface area (Å²) in [5.41, 5.74) is 0.0177. The molecule has 2 fully saturated rings. The number of hydrogen-bond donors (Lipinski definition) is 2. The number of rotatable bonds is 7. The van der Waals surface area contributed by atoms with Gasteiger partial charge in [0.2, 0.25) is 15.9 Å². The topological polar surface area (TPSA) is 104 Å². The van der Waals surface area contributed by atoms with E-state index in [1.807, 2.05) is 0 Å². The molecular weight excluding hydrogens is 356 g/mol. The molecule has 0 bridgehead atoms. The number of nitrogens with zero attached hydrogens (tertiary/aromatic N) is 1. The average Bonchev–Trinajstić information content (AvgIpc) is 3.30. The van der Waals surface area contributed by atoms with Gasteiger partial charge in [-0.2, -0.15) is 0 Å². The predicted molar refractivity (Wildman–Crippen MR) is 95.0 cm³/mol. The van der Waals surface area contributed by atoms with E-state index in [1.165, 1.54) is 0 Å². The number of nitrogens with one attached hydrogen (secondary N) is 1. The molecule has 1 atom stereocenters. The van der Waals surface area contributed by atoms with Crippen LogP contribution in [0, 0.1) is 5.41 Å². The molecule has 3 rings (SSSR count). The molecule has 1 aliphatic heterocycles. The molecule has 1 heterocycles. The van der Waals surface area contributed by atoms with Gasteiger partial charge >= 0.3 is 5.97 Å². The fourth-order valence-electron chi connectivity index (χ4n) is 3.08. The van der Waals surface area contributed by atoms with E-state index in [4.69, 9.17) is 0 Å². The second-order valence-electron chi connectivity index (χ2n) is 7.47.